The molecule has 0 amide bonds. The number of rotatable bonds is 4. The quantitative estimate of drug-likeness (QED) is 0.458. The molecule has 8 heteroatoms. The highest BCUT2D eigenvalue weighted by atomic mass is 19.1. The molecule has 3 aromatic heterocycles. The van der Waals surface area contributed by atoms with E-state index in [-0.39, 0.29) is 0 Å². The van der Waals surface area contributed by atoms with Crippen LogP contribution < -0.4 is 0 Å². The average Bonchev–Trinajstić information content (AvgIpc) is 3.30. The lowest BCUT2D eigenvalue weighted by Gasteiger charge is -2.11. The maximum Gasteiger partial charge on any atom is 0.190 e. The van der Waals surface area contributed by atoms with E-state index in [1.165, 1.54) is 6.07 Å². The molecular formula is C22H14FN7. The molecule has 0 aliphatic rings. The number of halogens is 1. The second-order valence-corrected chi connectivity index (χ2v) is 6.42. The Morgan fingerprint density at radius 3 is 2.37 bits per heavy atom. The van der Waals surface area contributed by atoms with E-state index in [0.717, 1.165) is 11.3 Å². The van der Waals surface area contributed by atoms with Gasteiger partial charge in [-0.2, -0.15) is 4.68 Å². The Labute approximate surface area is 170 Å². The van der Waals surface area contributed by atoms with Gasteiger partial charge in [-0.05, 0) is 46.8 Å². The molecular weight excluding hydrogens is 381 g/mol. The lowest BCUT2D eigenvalue weighted by molar-refractivity contribution is 0.630. The average molecular weight is 395 g/mol. The standard InChI is InChI=1S/C22H14FN7/c23-19-9-5-4-8-17(19)20-18(14-25-21(26-20)15-10-12-24-13-11-15)22-27-28-29-30(22)16-6-2-1-3-7-16/h1-14H. The molecule has 0 spiro atoms. The molecule has 0 saturated heterocycles. The van der Waals surface area contributed by atoms with Crippen LogP contribution in [0.25, 0.3) is 39.7 Å². The summed E-state index contributed by atoms with van der Waals surface area (Å²) < 4.78 is 16.3. The zero-order chi connectivity index (χ0) is 20.3. The first-order chi connectivity index (χ1) is 14.8. The van der Waals surface area contributed by atoms with Crippen LogP contribution in [0.1, 0.15) is 0 Å². The van der Waals surface area contributed by atoms with Crippen molar-refractivity contribution in [2.24, 2.45) is 0 Å². The molecule has 0 bridgehead atoms. The van der Waals surface area contributed by atoms with Crippen molar-refractivity contribution in [2.45, 2.75) is 0 Å². The third kappa shape index (κ3) is 3.20. The Morgan fingerprint density at radius 2 is 1.57 bits per heavy atom. The Kier molecular flexibility index (Phi) is 4.49. The van der Waals surface area contributed by atoms with Crippen LogP contribution in [0.15, 0.2) is 85.3 Å². The van der Waals surface area contributed by atoms with Crippen molar-refractivity contribution < 1.29 is 4.39 Å². The molecule has 5 rings (SSSR count). The van der Waals surface area contributed by atoms with Gasteiger partial charge < -0.3 is 0 Å². The Bertz CT molecular complexity index is 1300. The molecule has 0 radical (unpaired) electrons. The predicted molar refractivity (Wildman–Crippen MR) is 109 cm³/mol. The zero-order valence-electron chi connectivity index (χ0n) is 15.6. The van der Waals surface area contributed by atoms with Gasteiger partial charge in [0.25, 0.3) is 0 Å². The first-order valence-corrected chi connectivity index (χ1v) is 9.18. The summed E-state index contributed by atoms with van der Waals surface area (Å²) in [4.78, 5) is 13.2. The van der Waals surface area contributed by atoms with Gasteiger partial charge in [-0.15, -0.1) is 5.10 Å². The maximum atomic E-state index is 14.7. The molecule has 0 unspecified atom stereocenters. The summed E-state index contributed by atoms with van der Waals surface area (Å²) in [7, 11) is 0. The monoisotopic (exact) mass is 395 g/mol. The number of tetrazole rings is 1. The van der Waals surface area contributed by atoms with E-state index >= 15 is 0 Å². The molecule has 5 aromatic rings. The lowest BCUT2D eigenvalue weighted by Crippen LogP contribution is -2.03. The van der Waals surface area contributed by atoms with E-state index < -0.39 is 5.82 Å². The molecule has 3 heterocycles. The third-order valence-corrected chi connectivity index (χ3v) is 4.57. The number of benzene rings is 2. The lowest BCUT2D eigenvalue weighted by atomic mass is 10.1. The van der Waals surface area contributed by atoms with Crippen LogP contribution in [0.3, 0.4) is 0 Å². The molecule has 144 valence electrons. The number of pyridine rings is 1. The topological polar surface area (TPSA) is 82.3 Å². The van der Waals surface area contributed by atoms with Crippen molar-refractivity contribution in [3.63, 3.8) is 0 Å². The number of hydrogen-bond donors (Lipinski definition) is 0. The predicted octanol–water partition coefficient (Wildman–Crippen LogP) is 3.99. The van der Waals surface area contributed by atoms with Gasteiger partial charge in [0.2, 0.25) is 0 Å². The van der Waals surface area contributed by atoms with Gasteiger partial charge in [0, 0.05) is 29.7 Å². The van der Waals surface area contributed by atoms with Crippen molar-refractivity contribution in [1.29, 1.82) is 0 Å². The number of hydrogen-bond acceptors (Lipinski definition) is 6. The minimum absolute atomic E-state index is 0.341. The van der Waals surface area contributed by atoms with Crippen LogP contribution in [0, 0.1) is 5.82 Å². The number of nitrogens with zero attached hydrogens (tertiary/aromatic N) is 7. The molecule has 0 atom stereocenters. The molecule has 30 heavy (non-hydrogen) atoms. The minimum atomic E-state index is -0.392. The van der Waals surface area contributed by atoms with Gasteiger partial charge in [-0.25, -0.2) is 14.4 Å². The fourth-order valence-electron chi connectivity index (χ4n) is 3.14. The summed E-state index contributed by atoms with van der Waals surface area (Å²) in [6, 6.07) is 19.5. The van der Waals surface area contributed by atoms with Crippen LogP contribution in [0.5, 0.6) is 0 Å². The second kappa shape index (κ2) is 7.59. The van der Waals surface area contributed by atoms with Gasteiger partial charge in [0.05, 0.1) is 16.9 Å². The summed E-state index contributed by atoms with van der Waals surface area (Å²) in [5.74, 6) is 0.482. The zero-order valence-corrected chi connectivity index (χ0v) is 15.6. The molecule has 0 aliphatic heterocycles. The van der Waals surface area contributed by atoms with E-state index in [0.29, 0.717) is 28.5 Å². The summed E-state index contributed by atoms with van der Waals surface area (Å²) >= 11 is 0. The number of aromatic nitrogens is 7. The molecule has 0 aliphatic carbocycles. The summed E-state index contributed by atoms with van der Waals surface area (Å²) in [5, 5.41) is 12.1. The molecule has 0 saturated carbocycles. The van der Waals surface area contributed by atoms with Crippen molar-refractivity contribution >= 4 is 0 Å². The highest BCUT2D eigenvalue weighted by Gasteiger charge is 2.20. The first kappa shape index (κ1) is 17.7. The van der Waals surface area contributed by atoms with Gasteiger partial charge in [0.1, 0.15) is 5.82 Å². The summed E-state index contributed by atoms with van der Waals surface area (Å²) in [6.07, 6.45) is 4.94. The van der Waals surface area contributed by atoms with Crippen LogP contribution in [0.2, 0.25) is 0 Å². The SMILES string of the molecule is Fc1ccccc1-c1nc(-c2ccncc2)ncc1-c1nnnn1-c1ccccc1. The van der Waals surface area contributed by atoms with E-state index in [4.69, 9.17) is 0 Å². The van der Waals surface area contributed by atoms with E-state index in [1.807, 2.05) is 30.3 Å². The van der Waals surface area contributed by atoms with E-state index in [1.54, 1.807) is 53.6 Å². The normalized spacial score (nSPS) is 10.8. The minimum Gasteiger partial charge on any atom is -0.265 e. The molecule has 2 aromatic carbocycles. The summed E-state index contributed by atoms with van der Waals surface area (Å²) in [5.41, 5.74) is 2.81. The smallest absolute Gasteiger partial charge is 0.190 e. The van der Waals surface area contributed by atoms with E-state index in [9.17, 15) is 4.39 Å². The fraction of sp³-hybridized carbons (Fsp3) is 0. The van der Waals surface area contributed by atoms with Crippen LogP contribution >= 0.6 is 0 Å². The summed E-state index contributed by atoms with van der Waals surface area (Å²) in [6.45, 7) is 0. The van der Waals surface area contributed by atoms with E-state index in [2.05, 4.69) is 30.5 Å². The highest BCUT2D eigenvalue weighted by molar-refractivity contribution is 5.79. The van der Waals surface area contributed by atoms with Gasteiger partial charge in [0.15, 0.2) is 11.6 Å². The van der Waals surface area contributed by atoms with Crippen molar-refractivity contribution in [3.8, 4) is 39.7 Å². The first-order valence-electron chi connectivity index (χ1n) is 9.18. The Balaban J connectivity index is 1.74. The molecule has 7 nitrogen and oxygen atoms in total. The van der Waals surface area contributed by atoms with Crippen LogP contribution in [-0.2, 0) is 0 Å². The van der Waals surface area contributed by atoms with Gasteiger partial charge in [-0.1, -0.05) is 30.3 Å². The van der Waals surface area contributed by atoms with Crippen molar-refractivity contribution in [2.75, 3.05) is 0 Å². The largest absolute Gasteiger partial charge is 0.265 e. The Morgan fingerprint density at radius 1 is 0.800 bits per heavy atom. The maximum absolute atomic E-state index is 14.7. The van der Waals surface area contributed by atoms with Crippen molar-refractivity contribution in [3.05, 3.63) is 91.1 Å². The van der Waals surface area contributed by atoms with Crippen molar-refractivity contribution in [1.82, 2.24) is 35.2 Å². The highest BCUT2D eigenvalue weighted by Crippen LogP contribution is 2.32. The van der Waals surface area contributed by atoms with Gasteiger partial charge in [-0.3, -0.25) is 4.98 Å². The number of para-hydroxylation sites is 1. The van der Waals surface area contributed by atoms with Gasteiger partial charge >= 0.3 is 0 Å². The van der Waals surface area contributed by atoms with Crippen LogP contribution in [0.4, 0.5) is 4.39 Å². The molecule has 0 N–H and O–H groups in total. The third-order valence-electron chi connectivity index (χ3n) is 4.57. The fourth-order valence-corrected chi connectivity index (χ4v) is 3.14. The van der Waals surface area contributed by atoms with Crippen LogP contribution in [-0.4, -0.2) is 35.2 Å². The Hall–Kier alpha value is -4.33. The molecule has 0 fully saturated rings. The second-order valence-electron chi connectivity index (χ2n) is 6.42.